The Hall–Kier alpha value is -3.68. The highest BCUT2D eigenvalue weighted by atomic mass is 16.5. The number of hydrogen-bond donors (Lipinski definition) is 2. The second-order valence-electron chi connectivity index (χ2n) is 8.20. The van der Waals surface area contributed by atoms with Gasteiger partial charge in [0.2, 0.25) is 0 Å². The first-order valence-corrected chi connectivity index (χ1v) is 10.9. The molecule has 0 spiro atoms. The minimum absolute atomic E-state index is 0.0515. The van der Waals surface area contributed by atoms with E-state index in [4.69, 9.17) is 4.52 Å². The highest BCUT2D eigenvalue weighted by Crippen LogP contribution is 2.22. The molecule has 2 N–H and O–H groups in total. The summed E-state index contributed by atoms with van der Waals surface area (Å²) in [5.74, 6) is 1.35. The van der Waals surface area contributed by atoms with E-state index in [1.165, 1.54) is 0 Å². The van der Waals surface area contributed by atoms with E-state index in [9.17, 15) is 9.59 Å². The first-order chi connectivity index (χ1) is 15.5. The predicted octanol–water partition coefficient (Wildman–Crippen LogP) is 4.42. The minimum Gasteiger partial charge on any atom is -0.339 e. The fourth-order valence-electron chi connectivity index (χ4n) is 3.56. The number of anilines is 1. The number of benzene rings is 2. The van der Waals surface area contributed by atoms with Crippen molar-refractivity contribution in [1.29, 1.82) is 0 Å². The molecule has 2 heterocycles. The maximum Gasteiger partial charge on any atom is 0.319 e. The summed E-state index contributed by atoms with van der Waals surface area (Å²) in [7, 11) is 0. The lowest BCUT2D eigenvalue weighted by molar-refractivity contribution is 0.0792. The van der Waals surface area contributed by atoms with Crippen LogP contribution >= 0.6 is 0 Å². The maximum atomic E-state index is 12.6. The Balaban J connectivity index is 1.31. The fourth-order valence-corrected chi connectivity index (χ4v) is 3.56. The molecule has 32 heavy (non-hydrogen) atoms. The number of carbonyl (C=O) groups is 2. The van der Waals surface area contributed by atoms with Crippen molar-refractivity contribution in [2.75, 3.05) is 18.4 Å². The molecule has 8 nitrogen and oxygen atoms in total. The largest absolute Gasteiger partial charge is 0.339 e. The zero-order valence-corrected chi connectivity index (χ0v) is 18.3. The summed E-state index contributed by atoms with van der Waals surface area (Å²) in [4.78, 5) is 31.1. The second kappa shape index (κ2) is 9.64. The number of rotatable bonds is 6. The van der Waals surface area contributed by atoms with Gasteiger partial charge in [-0.25, -0.2) is 4.79 Å². The number of hydrogen-bond acceptors (Lipinski definition) is 5. The van der Waals surface area contributed by atoms with E-state index in [0.29, 0.717) is 29.5 Å². The highest BCUT2D eigenvalue weighted by Gasteiger charge is 2.19. The van der Waals surface area contributed by atoms with Crippen molar-refractivity contribution in [3.05, 3.63) is 65.5 Å². The van der Waals surface area contributed by atoms with Crippen LogP contribution < -0.4 is 10.6 Å². The molecule has 0 radical (unpaired) electrons. The SMILES string of the molecule is CC(C)c1noc(-c2ccc(NC(=O)NCc3cccc(C(=O)N4CCCC4)c3)cc2)n1. The van der Waals surface area contributed by atoms with Gasteiger partial charge in [-0.3, -0.25) is 4.79 Å². The Kier molecular flexibility index (Phi) is 6.49. The molecule has 2 aromatic carbocycles. The molecular formula is C24H27N5O3. The molecule has 0 saturated carbocycles. The standard InChI is InChI=1S/C24H27N5O3/c1-16(2)21-27-22(32-28-21)18-8-10-20(11-9-18)26-24(31)25-15-17-6-5-7-19(14-17)23(30)29-12-3-4-13-29/h5-11,14,16H,3-4,12-13,15H2,1-2H3,(H2,25,26,31). The molecule has 4 rings (SSSR count). The third kappa shape index (κ3) is 5.14. The summed E-state index contributed by atoms with van der Waals surface area (Å²) in [5.41, 5.74) is 2.96. The molecule has 1 fully saturated rings. The molecule has 0 bridgehead atoms. The van der Waals surface area contributed by atoms with E-state index in [1.54, 1.807) is 12.1 Å². The van der Waals surface area contributed by atoms with E-state index in [0.717, 1.165) is 37.1 Å². The van der Waals surface area contributed by atoms with Crippen LogP contribution in [0.3, 0.4) is 0 Å². The highest BCUT2D eigenvalue weighted by molar-refractivity contribution is 5.94. The van der Waals surface area contributed by atoms with Crippen molar-refractivity contribution in [2.24, 2.45) is 0 Å². The molecule has 1 saturated heterocycles. The molecular weight excluding hydrogens is 406 g/mol. The van der Waals surface area contributed by atoms with Crippen LogP contribution in [0.4, 0.5) is 10.5 Å². The van der Waals surface area contributed by atoms with E-state index in [1.807, 2.05) is 55.1 Å². The first-order valence-electron chi connectivity index (χ1n) is 10.9. The molecule has 3 amide bonds. The topological polar surface area (TPSA) is 100 Å². The fraction of sp³-hybridized carbons (Fsp3) is 0.333. The van der Waals surface area contributed by atoms with Gasteiger partial charge in [0.1, 0.15) is 0 Å². The molecule has 1 aliphatic heterocycles. The van der Waals surface area contributed by atoms with Gasteiger partial charge in [-0.15, -0.1) is 0 Å². The minimum atomic E-state index is -0.325. The third-order valence-electron chi connectivity index (χ3n) is 5.37. The van der Waals surface area contributed by atoms with Crippen LogP contribution in [0.25, 0.3) is 11.5 Å². The molecule has 1 aliphatic rings. The Labute approximate surface area is 187 Å². The lowest BCUT2D eigenvalue weighted by atomic mass is 10.1. The van der Waals surface area contributed by atoms with Crippen LogP contribution in [-0.4, -0.2) is 40.1 Å². The number of likely N-dealkylation sites (tertiary alicyclic amines) is 1. The van der Waals surface area contributed by atoms with Gasteiger partial charge in [-0.2, -0.15) is 4.98 Å². The molecule has 0 unspecified atom stereocenters. The zero-order chi connectivity index (χ0) is 22.5. The van der Waals surface area contributed by atoms with Crippen LogP contribution in [0.5, 0.6) is 0 Å². The number of nitrogens with zero attached hydrogens (tertiary/aromatic N) is 3. The van der Waals surface area contributed by atoms with Crippen LogP contribution in [-0.2, 0) is 6.54 Å². The maximum absolute atomic E-state index is 12.6. The number of amides is 3. The number of aromatic nitrogens is 2. The van der Waals surface area contributed by atoms with E-state index in [-0.39, 0.29) is 17.9 Å². The Morgan fingerprint density at radius 1 is 1.09 bits per heavy atom. The first kappa shape index (κ1) is 21.5. The van der Waals surface area contributed by atoms with Crippen molar-refractivity contribution in [3.63, 3.8) is 0 Å². The molecule has 0 aliphatic carbocycles. The van der Waals surface area contributed by atoms with Gasteiger partial charge in [-0.05, 0) is 54.8 Å². The van der Waals surface area contributed by atoms with Gasteiger partial charge < -0.3 is 20.1 Å². The average Bonchev–Trinajstić information content (AvgIpc) is 3.51. The summed E-state index contributed by atoms with van der Waals surface area (Å²) in [6, 6.07) is 14.3. The van der Waals surface area contributed by atoms with Crippen molar-refractivity contribution >= 4 is 17.6 Å². The molecule has 3 aromatic rings. The van der Waals surface area contributed by atoms with Crippen molar-refractivity contribution in [2.45, 2.75) is 39.2 Å². The summed E-state index contributed by atoms with van der Waals surface area (Å²) in [6.07, 6.45) is 2.12. The number of carbonyl (C=O) groups excluding carboxylic acids is 2. The lowest BCUT2D eigenvalue weighted by Gasteiger charge is -2.15. The van der Waals surface area contributed by atoms with Crippen LogP contribution in [0.1, 0.15) is 54.4 Å². The van der Waals surface area contributed by atoms with E-state index < -0.39 is 0 Å². The van der Waals surface area contributed by atoms with Crippen LogP contribution in [0, 0.1) is 0 Å². The molecule has 8 heteroatoms. The van der Waals surface area contributed by atoms with Gasteiger partial charge in [0, 0.05) is 42.4 Å². The van der Waals surface area contributed by atoms with Gasteiger partial charge in [0.25, 0.3) is 11.8 Å². The number of urea groups is 1. The van der Waals surface area contributed by atoms with Gasteiger partial charge >= 0.3 is 6.03 Å². The van der Waals surface area contributed by atoms with E-state index >= 15 is 0 Å². The quantitative estimate of drug-likeness (QED) is 0.599. The smallest absolute Gasteiger partial charge is 0.319 e. The van der Waals surface area contributed by atoms with Crippen molar-refractivity contribution in [3.8, 4) is 11.5 Å². The van der Waals surface area contributed by atoms with E-state index in [2.05, 4.69) is 20.8 Å². The normalized spacial score (nSPS) is 13.4. The van der Waals surface area contributed by atoms with Crippen LogP contribution in [0.2, 0.25) is 0 Å². The van der Waals surface area contributed by atoms with Crippen molar-refractivity contribution < 1.29 is 14.1 Å². The Morgan fingerprint density at radius 2 is 1.84 bits per heavy atom. The third-order valence-corrected chi connectivity index (χ3v) is 5.37. The van der Waals surface area contributed by atoms with Gasteiger partial charge in [-0.1, -0.05) is 31.1 Å². The summed E-state index contributed by atoms with van der Waals surface area (Å²) in [6.45, 7) is 5.96. The average molecular weight is 434 g/mol. The summed E-state index contributed by atoms with van der Waals surface area (Å²) >= 11 is 0. The zero-order valence-electron chi connectivity index (χ0n) is 18.3. The van der Waals surface area contributed by atoms with Gasteiger partial charge in [0.15, 0.2) is 5.82 Å². The summed E-state index contributed by atoms with van der Waals surface area (Å²) in [5, 5.41) is 9.60. The van der Waals surface area contributed by atoms with Crippen LogP contribution in [0.15, 0.2) is 53.1 Å². The molecule has 1 aromatic heterocycles. The Bertz CT molecular complexity index is 1090. The predicted molar refractivity (Wildman–Crippen MR) is 121 cm³/mol. The number of nitrogens with one attached hydrogen (secondary N) is 2. The second-order valence-corrected chi connectivity index (χ2v) is 8.20. The van der Waals surface area contributed by atoms with Gasteiger partial charge in [0.05, 0.1) is 0 Å². The molecule has 0 atom stereocenters. The summed E-state index contributed by atoms with van der Waals surface area (Å²) < 4.78 is 5.29. The van der Waals surface area contributed by atoms with Crippen molar-refractivity contribution in [1.82, 2.24) is 20.4 Å². The lowest BCUT2D eigenvalue weighted by Crippen LogP contribution is -2.29. The molecule has 166 valence electrons. The Morgan fingerprint density at radius 3 is 2.53 bits per heavy atom. The monoisotopic (exact) mass is 433 g/mol.